The number of carbonyl (C=O) groups is 1. The third kappa shape index (κ3) is 4.43. The van der Waals surface area contributed by atoms with Crippen molar-refractivity contribution in [2.45, 2.75) is 19.5 Å². The van der Waals surface area contributed by atoms with E-state index < -0.39 is 11.7 Å². The van der Waals surface area contributed by atoms with Crippen LogP contribution in [-0.4, -0.2) is 37.5 Å². The summed E-state index contributed by atoms with van der Waals surface area (Å²) in [4.78, 5) is 12.9. The van der Waals surface area contributed by atoms with Gasteiger partial charge in [0.1, 0.15) is 5.82 Å². The first-order valence-corrected chi connectivity index (χ1v) is 5.86. The molecule has 0 saturated heterocycles. The third-order valence-corrected chi connectivity index (χ3v) is 2.62. The molecule has 0 saturated carbocycles. The summed E-state index contributed by atoms with van der Waals surface area (Å²) in [6.07, 6.45) is 0. The van der Waals surface area contributed by atoms with E-state index in [-0.39, 0.29) is 11.6 Å². The zero-order chi connectivity index (χ0) is 13.7. The van der Waals surface area contributed by atoms with E-state index in [1.807, 2.05) is 21.0 Å². The van der Waals surface area contributed by atoms with E-state index in [4.69, 9.17) is 5.73 Å². The first-order chi connectivity index (χ1) is 8.40. The van der Waals surface area contributed by atoms with Gasteiger partial charge < -0.3 is 16.0 Å². The van der Waals surface area contributed by atoms with Crippen molar-refractivity contribution >= 4 is 5.91 Å². The highest BCUT2D eigenvalue weighted by Gasteiger charge is 2.08. The molecule has 0 aliphatic carbocycles. The van der Waals surface area contributed by atoms with E-state index in [1.165, 1.54) is 6.07 Å². The van der Waals surface area contributed by atoms with Gasteiger partial charge in [0.2, 0.25) is 5.91 Å². The summed E-state index contributed by atoms with van der Waals surface area (Å²) in [6.45, 7) is 3.34. The Labute approximate surface area is 107 Å². The molecule has 3 N–H and O–H groups in total. The van der Waals surface area contributed by atoms with Crippen molar-refractivity contribution in [2.75, 3.05) is 20.6 Å². The highest BCUT2D eigenvalue weighted by Crippen LogP contribution is 2.10. The molecule has 0 aliphatic rings. The van der Waals surface area contributed by atoms with Gasteiger partial charge >= 0.3 is 0 Å². The van der Waals surface area contributed by atoms with E-state index in [1.54, 1.807) is 12.1 Å². The van der Waals surface area contributed by atoms with Crippen LogP contribution in [0.15, 0.2) is 18.2 Å². The van der Waals surface area contributed by atoms with Crippen molar-refractivity contribution in [3.8, 4) is 0 Å². The molecule has 4 nitrogen and oxygen atoms in total. The van der Waals surface area contributed by atoms with E-state index in [9.17, 15) is 9.18 Å². The molecule has 100 valence electrons. The number of amides is 1. The number of benzene rings is 1. The summed E-state index contributed by atoms with van der Waals surface area (Å²) in [5.74, 6) is -1.02. The lowest BCUT2D eigenvalue weighted by molar-refractivity contribution is 0.1000. The molecule has 1 aromatic rings. The molecule has 0 spiro atoms. The molecular formula is C13H20FN3O. The summed E-state index contributed by atoms with van der Waals surface area (Å²) >= 11 is 0. The molecule has 1 rings (SSSR count). The Kier molecular flexibility index (Phi) is 5.25. The number of halogens is 1. The van der Waals surface area contributed by atoms with Gasteiger partial charge in [-0.05, 0) is 33.2 Å². The standard InChI is InChI=1S/C13H20FN3O/c1-9(8-17(2)3)16-7-11-5-4-10(13(15)18)6-12(11)14/h4-6,9,16H,7-8H2,1-3H3,(H2,15,18). The van der Waals surface area contributed by atoms with E-state index in [2.05, 4.69) is 10.2 Å². The number of primary amides is 1. The Morgan fingerprint density at radius 1 is 1.50 bits per heavy atom. The lowest BCUT2D eigenvalue weighted by Crippen LogP contribution is -2.35. The van der Waals surface area contributed by atoms with E-state index >= 15 is 0 Å². The molecule has 0 heterocycles. The minimum absolute atomic E-state index is 0.192. The van der Waals surface area contributed by atoms with Crippen LogP contribution in [0.2, 0.25) is 0 Å². The molecule has 0 aliphatic heterocycles. The van der Waals surface area contributed by atoms with Gasteiger partial charge in [0.15, 0.2) is 0 Å². The van der Waals surface area contributed by atoms with Crippen LogP contribution in [0.4, 0.5) is 4.39 Å². The number of hydrogen-bond acceptors (Lipinski definition) is 3. The van der Waals surface area contributed by atoms with Crippen molar-refractivity contribution in [3.05, 3.63) is 35.1 Å². The largest absolute Gasteiger partial charge is 0.366 e. The molecule has 1 unspecified atom stereocenters. The first kappa shape index (κ1) is 14.6. The Morgan fingerprint density at radius 3 is 2.67 bits per heavy atom. The number of nitrogens with one attached hydrogen (secondary N) is 1. The van der Waals surface area contributed by atoms with Gasteiger partial charge in [-0.2, -0.15) is 0 Å². The molecule has 0 aromatic heterocycles. The van der Waals surface area contributed by atoms with E-state index in [0.29, 0.717) is 12.1 Å². The molecular weight excluding hydrogens is 233 g/mol. The van der Waals surface area contributed by atoms with Crippen LogP contribution in [-0.2, 0) is 6.54 Å². The fraction of sp³-hybridized carbons (Fsp3) is 0.462. The first-order valence-electron chi connectivity index (χ1n) is 5.86. The second kappa shape index (κ2) is 6.47. The molecule has 0 bridgehead atoms. The van der Waals surface area contributed by atoms with Gasteiger partial charge in [-0.25, -0.2) is 4.39 Å². The average Bonchev–Trinajstić information content (AvgIpc) is 2.26. The maximum absolute atomic E-state index is 13.7. The Bertz CT molecular complexity index is 421. The van der Waals surface area contributed by atoms with Crippen LogP contribution in [0, 0.1) is 5.82 Å². The van der Waals surface area contributed by atoms with Crippen molar-refractivity contribution in [2.24, 2.45) is 5.73 Å². The third-order valence-electron chi connectivity index (χ3n) is 2.62. The van der Waals surface area contributed by atoms with Crippen LogP contribution >= 0.6 is 0 Å². The van der Waals surface area contributed by atoms with Crippen LogP contribution in [0.3, 0.4) is 0 Å². The summed E-state index contributed by atoms with van der Waals surface area (Å²) in [6, 6.07) is 4.56. The van der Waals surface area contributed by atoms with Gasteiger partial charge in [0.05, 0.1) is 0 Å². The minimum atomic E-state index is -0.616. The molecule has 1 amide bonds. The van der Waals surface area contributed by atoms with Crippen molar-refractivity contribution in [3.63, 3.8) is 0 Å². The number of carbonyl (C=O) groups excluding carboxylic acids is 1. The predicted octanol–water partition coefficient (Wildman–Crippen LogP) is 0.964. The molecule has 0 radical (unpaired) electrons. The highest BCUT2D eigenvalue weighted by atomic mass is 19.1. The summed E-state index contributed by atoms with van der Waals surface area (Å²) in [5, 5.41) is 3.22. The number of rotatable bonds is 6. The monoisotopic (exact) mass is 253 g/mol. The van der Waals surface area contributed by atoms with Gasteiger partial charge in [0, 0.05) is 30.3 Å². The predicted molar refractivity (Wildman–Crippen MR) is 69.8 cm³/mol. The lowest BCUT2D eigenvalue weighted by atomic mass is 10.1. The Balaban J connectivity index is 2.60. The van der Waals surface area contributed by atoms with Crippen LogP contribution in [0.5, 0.6) is 0 Å². The molecule has 1 aromatic carbocycles. The highest BCUT2D eigenvalue weighted by molar-refractivity contribution is 5.92. The fourth-order valence-electron chi connectivity index (χ4n) is 1.74. The van der Waals surface area contributed by atoms with Gasteiger partial charge in [-0.3, -0.25) is 4.79 Å². The van der Waals surface area contributed by atoms with Crippen LogP contribution in [0.1, 0.15) is 22.8 Å². The second-order valence-corrected chi connectivity index (χ2v) is 4.71. The number of nitrogens with two attached hydrogens (primary N) is 1. The molecule has 1 atom stereocenters. The van der Waals surface area contributed by atoms with Crippen LogP contribution in [0.25, 0.3) is 0 Å². The molecule has 5 heteroatoms. The minimum Gasteiger partial charge on any atom is -0.366 e. The van der Waals surface area contributed by atoms with Crippen molar-refractivity contribution in [1.82, 2.24) is 10.2 Å². The van der Waals surface area contributed by atoms with Gasteiger partial charge in [-0.1, -0.05) is 6.07 Å². The maximum atomic E-state index is 13.7. The fourth-order valence-corrected chi connectivity index (χ4v) is 1.74. The topological polar surface area (TPSA) is 58.4 Å². The molecule has 0 fully saturated rings. The summed E-state index contributed by atoms with van der Waals surface area (Å²) in [7, 11) is 3.97. The SMILES string of the molecule is CC(CN(C)C)NCc1ccc(C(N)=O)cc1F. The summed E-state index contributed by atoms with van der Waals surface area (Å²) < 4.78 is 13.7. The lowest BCUT2D eigenvalue weighted by Gasteiger charge is -2.18. The van der Waals surface area contributed by atoms with Crippen molar-refractivity contribution < 1.29 is 9.18 Å². The number of nitrogens with zero attached hydrogens (tertiary/aromatic N) is 1. The summed E-state index contributed by atoms with van der Waals surface area (Å²) in [5.41, 5.74) is 5.81. The van der Waals surface area contributed by atoms with Crippen LogP contribution < -0.4 is 11.1 Å². The quantitative estimate of drug-likeness (QED) is 0.794. The maximum Gasteiger partial charge on any atom is 0.248 e. The molecule has 18 heavy (non-hydrogen) atoms. The van der Waals surface area contributed by atoms with Crippen molar-refractivity contribution in [1.29, 1.82) is 0 Å². The van der Waals surface area contributed by atoms with E-state index in [0.717, 1.165) is 6.54 Å². The zero-order valence-corrected chi connectivity index (χ0v) is 11.0. The zero-order valence-electron chi connectivity index (χ0n) is 11.0. The Hall–Kier alpha value is -1.46. The number of hydrogen-bond donors (Lipinski definition) is 2. The second-order valence-electron chi connectivity index (χ2n) is 4.71. The number of likely N-dealkylation sites (N-methyl/N-ethyl adjacent to an activating group) is 1. The Morgan fingerprint density at radius 2 is 2.17 bits per heavy atom. The van der Waals surface area contributed by atoms with Gasteiger partial charge in [0.25, 0.3) is 0 Å². The van der Waals surface area contributed by atoms with Gasteiger partial charge in [-0.15, -0.1) is 0 Å². The smallest absolute Gasteiger partial charge is 0.248 e. The normalized spacial score (nSPS) is 12.7. The average molecular weight is 253 g/mol.